The van der Waals surface area contributed by atoms with Gasteiger partial charge in [-0.1, -0.05) is 12.1 Å². The van der Waals surface area contributed by atoms with Crippen molar-refractivity contribution in [2.75, 3.05) is 23.8 Å². The van der Waals surface area contributed by atoms with Crippen LogP contribution in [0.3, 0.4) is 0 Å². The van der Waals surface area contributed by atoms with E-state index in [4.69, 9.17) is 4.74 Å². The molecule has 0 bridgehead atoms. The van der Waals surface area contributed by atoms with E-state index in [9.17, 15) is 9.59 Å². The van der Waals surface area contributed by atoms with E-state index < -0.39 is 0 Å². The van der Waals surface area contributed by atoms with Gasteiger partial charge in [-0.2, -0.15) is 0 Å². The first-order valence-corrected chi connectivity index (χ1v) is 8.77. The third-order valence-electron chi connectivity index (χ3n) is 4.17. The molecular weight excluding hydrogens is 330 g/mol. The third kappa shape index (κ3) is 4.99. The van der Waals surface area contributed by atoms with E-state index in [1.807, 2.05) is 6.07 Å². The SMILES string of the molecule is CC(=O)Nc1cccc(NC(=O)NCCOc2ccc3c(c2)CCC3)c1. The highest BCUT2D eigenvalue weighted by Gasteiger charge is 2.11. The molecule has 0 aliphatic heterocycles. The molecule has 3 amide bonds. The number of urea groups is 1. The molecule has 0 radical (unpaired) electrons. The van der Waals surface area contributed by atoms with Gasteiger partial charge in [-0.25, -0.2) is 4.79 Å². The standard InChI is InChI=1S/C20H23N3O3/c1-14(24)22-17-6-3-7-18(13-17)23-20(25)21-10-11-26-19-9-8-15-4-2-5-16(15)12-19/h3,6-9,12-13H,2,4-5,10-11H2,1H3,(H,22,24)(H2,21,23,25). The zero-order valence-corrected chi connectivity index (χ0v) is 14.8. The van der Waals surface area contributed by atoms with Crippen molar-refractivity contribution in [3.63, 3.8) is 0 Å². The topological polar surface area (TPSA) is 79.5 Å². The quantitative estimate of drug-likeness (QED) is 0.697. The summed E-state index contributed by atoms with van der Waals surface area (Å²) in [6.07, 6.45) is 3.48. The zero-order valence-electron chi connectivity index (χ0n) is 14.8. The fraction of sp³-hybridized carbons (Fsp3) is 0.300. The Morgan fingerprint density at radius 1 is 1.00 bits per heavy atom. The van der Waals surface area contributed by atoms with Crippen LogP contribution in [0.25, 0.3) is 0 Å². The lowest BCUT2D eigenvalue weighted by molar-refractivity contribution is -0.114. The van der Waals surface area contributed by atoms with E-state index in [1.165, 1.54) is 24.5 Å². The van der Waals surface area contributed by atoms with E-state index in [-0.39, 0.29) is 11.9 Å². The minimum Gasteiger partial charge on any atom is -0.492 e. The highest BCUT2D eigenvalue weighted by molar-refractivity contribution is 5.92. The summed E-state index contributed by atoms with van der Waals surface area (Å²) in [5.74, 6) is 0.686. The number of nitrogens with one attached hydrogen (secondary N) is 3. The number of fused-ring (bicyclic) bond motifs is 1. The molecule has 0 unspecified atom stereocenters. The molecular formula is C20H23N3O3. The summed E-state index contributed by atoms with van der Waals surface area (Å²) >= 11 is 0. The second-order valence-corrected chi connectivity index (χ2v) is 6.28. The van der Waals surface area contributed by atoms with Crippen molar-refractivity contribution < 1.29 is 14.3 Å². The Labute approximate surface area is 152 Å². The van der Waals surface area contributed by atoms with E-state index in [2.05, 4.69) is 28.1 Å². The minimum absolute atomic E-state index is 0.157. The monoisotopic (exact) mass is 353 g/mol. The molecule has 6 nitrogen and oxygen atoms in total. The summed E-state index contributed by atoms with van der Waals surface area (Å²) in [7, 11) is 0. The Hall–Kier alpha value is -3.02. The first-order chi connectivity index (χ1) is 12.6. The molecule has 0 saturated heterocycles. The lowest BCUT2D eigenvalue weighted by Gasteiger charge is -2.11. The van der Waals surface area contributed by atoms with E-state index in [1.54, 1.807) is 24.3 Å². The summed E-state index contributed by atoms with van der Waals surface area (Å²) in [4.78, 5) is 23.0. The van der Waals surface area contributed by atoms with Crippen LogP contribution in [0.1, 0.15) is 24.5 Å². The lowest BCUT2D eigenvalue weighted by atomic mass is 10.1. The fourth-order valence-corrected chi connectivity index (χ4v) is 3.02. The van der Waals surface area contributed by atoms with Crippen LogP contribution < -0.4 is 20.7 Å². The van der Waals surface area contributed by atoms with E-state index in [0.717, 1.165) is 18.6 Å². The minimum atomic E-state index is -0.317. The molecule has 0 fully saturated rings. The number of amides is 3. The molecule has 136 valence electrons. The van der Waals surface area contributed by atoms with Gasteiger partial charge in [-0.15, -0.1) is 0 Å². The highest BCUT2D eigenvalue weighted by atomic mass is 16.5. The molecule has 0 atom stereocenters. The van der Waals surface area contributed by atoms with Crippen molar-refractivity contribution in [1.82, 2.24) is 5.32 Å². The maximum absolute atomic E-state index is 11.9. The van der Waals surface area contributed by atoms with Crippen LogP contribution in [-0.4, -0.2) is 25.1 Å². The number of carbonyl (C=O) groups excluding carboxylic acids is 2. The first kappa shape index (κ1) is 17.8. The predicted molar refractivity (Wildman–Crippen MR) is 102 cm³/mol. The maximum atomic E-state index is 11.9. The zero-order chi connectivity index (χ0) is 18.4. The summed E-state index contributed by atoms with van der Waals surface area (Å²) < 4.78 is 5.70. The van der Waals surface area contributed by atoms with Crippen molar-refractivity contribution in [1.29, 1.82) is 0 Å². The first-order valence-electron chi connectivity index (χ1n) is 8.77. The number of aryl methyl sites for hydroxylation is 2. The maximum Gasteiger partial charge on any atom is 0.319 e. The van der Waals surface area contributed by atoms with Crippen LogP contribution in [0, 0.1) is 0 Å². The van der Waals surface area contributed by atoms with Gasteiger partial charge in [-0.3, -0.25) is 4.79 Å². The smallest absolute Gasteiger partial charge is 0.319 e. The van der Waals surface area contributed by atoms with Gasteiger partial charge in [0, 0.05) is 18.3 Å². The molecule has 6 heteroatoms. The van der Waals surface area contributed by atoms with E-state index in [0.29, 0.717) is 24.5 Å². The highest BCUT2D eigenvalue weighted by Crippen LogP contribution is 2.25. The number of carbonyl (C=O) groups is 2. The van der Waals surface area contributed by atoms with Gasteiger partial charge in [-0.05, 0) is 60.7 Å². The van der Waals surface area contributed by atoms with Crippen LogP contribution in [0.2, 0.25) is 0 Å². The molecule has 0 saturated carbocycles. The number of ether oxygens (including phenoxy) is 1. The summed E-state index contributed by atoms with van der Waals surface area (Å²) in [5, 5.41) is 8.16. The van der Waals surface area contributed by atoms with Crippen LogP contribution in [-0.2, 0) is 17.6 Å². The fourth-order valence-electron chi connectivity index (χ4n) is 3.02. The van der Waals surface area contributed by atoms with Gasteiger partial charge in [0.15, 0.2) is 0 Å². The third-order valence-corrected chi connectivity index (χ3v) is 4.17. The second-order valence-electron chi connectivity index (χ2n) is 6.28. The molecule has 3 rings (SSSR count). The molecule has 1 aliphatic rings. The van der Waals surface area contributed by atoms with Crippen LogP contribution in [0.5, 0.6) is 5.75 Å². The van der Waals surface area contributed by atoms with Crippen LogP contribution in [0.15, 0.2) is 42.5 Å². The van der Waals surface area contributed by atoms with Gasteiger partial charge in [0.1, 0.15) is 12.4 Å². The second kappa shape index (κ2) is 8.38. The predicted octanol–water partition coefficient (Wildman–Crippen LogP) is 3.33. The van der Waals surface area contributed by atoms with Crippen LogP contribution in [0.4, 0.5) is 16.2 Å². The Morgan fingerprint density at radius 2 is 1.77 bits per heavy atom. The van der Waals surface area contributed by atoms with Crippen molar-refractivity contribution in [3.8, 4) is 5.75 Å². The Balaban J connectivity index is 1.41. The Morgan fingerprint density at radius 3 is 2.58 bits per heavy atom. The lowest BCUT2D eigenvalue weighted by Crippen LogP contribution is -2.32. The van der Waals surface area contributed by atoms with Gasteiger partial charge in [0.25, 0.3) is 0 Å². The molecule has 0 aromatic heterocycles. The van der Waals surface area contributed by atoms with Crippen LogP contribution >= 0.6 is 0 Å². The number of hydrogen-bond acceptors (Lipinski definition) is 3. The normalized spacial score (nSPS) is 12.2. The average molecular weight is 353 g/mol. The molecule has 0 heterocycles. The number of rotatable bonds is 6. The molecule has 2 aromatic carbocycles. The Bertz CT molecular complexity index is 805. The Kier molecular flexibility index (Phi) is 5.73. The number of anilines is 2. The molecule has 3 N–H and O–H groups in total. The largest absolute Gasteiger partial charge is 0.492 e. The van der Waals surface area contributed by atoms with Crippen molar-refractivity contribution in [2.45, 2.75) is 26.2 Å². The van der Waals surface area contributed by atoms with Crippen molar-refractivity contribution >= 4 is 23.3 Å². The molecule has 1 aliphatic carbocycles. The van der Waals surface area contributed by atoms with Gasteiger partial charge in [0.2, 0.25) is 5.91 Å². The van der Waals surface area contributed by atoms with Gasteiger partial charge >= 0.3 is 6.03 Å². The van der Waals surface area contributed by atoms with Crippen molar-refractivity contribution in [3.05, 3.63) is 53.6 Å². The summed E-state index contributed by atoms with van der Waals surface area (Å²) in [6.45, 7) is 2.24. The summed E-state index contributed by atoms with van der Waals surface area (Å²) in [6, 6.07) is 12.9. The number of hydrogen-bond donors (Lipinski definition) is 3. The van der Waals surface area contributed by atoms with E-state index >= 15 is 0 Å². The molecule has 0 spiro atoms. The molecule has 26 heavy (non-hydrogen) atoms. The van der Waals surface area contributed by atoms with Gasteiger partial charge in [0.05, 0.1) is 6.54 Å². The van der Waals surface area contributed by atoms with Gasteiger partial charge < -0.3 is 20.7 Å². The summed E-state index contributed by atoms with van der Waals surface area (Å²) in [5.41, 5.74) is 4.02. The molecule has 2 aromatic rings. The number of benzene rings is 2. The average Bonchev–Trinajstić information content (AvgIpc) is 3.06. The van der Waals surface area contributed by atoms with Crippen molar-refractivity contribution in [2.24, 2.45) is 0 Å².